The summed E-state index contributed by atoms with van der Waals surface area (Å²) in [6.07, 6.45) is -1.28. The number of hydrogen-bond acceptors (Lipinski definition) is 5. The summed E-state index contributed by atoms with van der Waals surface area (Å²) >= 11 is 0. The van der Waals surface area contributed by atoms with Crippen LogP contribution in [-0.2, 0) is 11.0 Å². The highest BCUT2D eigenvalue weighted by Crippen LogP contribution is 2.32. The van der Waals surface area contributed by atoms with Crippen LogP contribution >= 0.6 is 0 Å². The van der Waals surface area contributed by atoms with Gasteiger partial charge in [0.25, 0.3) is 0 Å². The summed E-state index contributed by atoms with van der Waals surface area (Å²) in [6, 6.07) is 0. The van der Waals surface area contributed by atoms with Crippen LogP contribution in [0.3, 0.4) is 0 Å². The number of carbonyl (C=O) groups is 1. The fraction of sp³-hybridized carbons (Fsp3) is 0.812. The van der Waals surface area contributed by atoms with Gasteiger partial charge in [0.2, 0.25) is 11.8 Å². The third kappa shape index (κ3) is 4.50. The Kier molecular flexibility index (Phi) is 5.31. The molecule has 3 rings (SSSR count). The topological polar surface area (TPSA) is 62.5 Å². The van der Waals surface area contributed by atoms with Crippen LogP contribution in [0.4, 0.5) is 13.2 Å². The van der Waals surface area contributed by atoms with E-state index in [-0.39, 0.29) is 17.7 Å². The van der Waals surface area contributed by atoms with Crippen LogP contribution in [0, 0.1) is 5.92 Å². The third-order valence-corrected chi connectivity index (χ3v) is 5.12. The molecule has 1 aromatic rings. The van der Waals surface area contributed by atoms with E-state index in [1.165, 1.54) is 0 Å². The number of halogens is 3. The van der Waals surface area contributed by atoms with Gasteiger partial charge in [0.15, 0.2) is 0 Å². The van der Waals surface area contributed by atoms with Gasteiger partial charge in [-0.3, -0.25) is 9.69 Å². The normalized spacial score (nSPS) is 21.7. The highest BCUT2D eigenvalue weighted by atomic mass is 19.4. The molecule has 1 aromatic heterocycles. The molecule has 2 saturated heterocycles. The second-order valence-electron chi connectivity index (χ2n) is 7.06. The van der Waals surface area contributed by atoms with E-state index in [1.54, 1.807) is 0 Å². The average molecular weight is 360 g/mol. The van der Waals surface area contributed by atoms with Crippen LogP contribution in [0.25, 0.3) is 0 Å². The number of alkyl halides is 3. The van der Waals surface area contributed by atoms with Gasteiger partial charge >= 0.3 is 12.1 Å². The molecule has 2 fully saturated rings. The Labute approximate surface area is 144 Å². The van der Waals surface area contributed by atoms with E-state index in [0.717, 1.165) is 25.9 Å². The molecule has 0 saturated carbocycles. The van der Waals surface area contributed by atoms with Gasteiger partial charge in [0, 0.05) is 19.0 Å². The second-order valence-corrected chi connectivity index (χ2v) is 7.06. The molecule has 9 heteroatoms. The van der Waals surface area contributed by atoms with Crippen LogP contribution in [0.1, 0.15) is 50.3 Å². The molecule has 0 N–H and O–H groups in total. The molecule has 0 aromatic carbocycles. The zero-order valence-electron chi connectivity index (χ0n) is 14.3. The first kappa shape index (κ1) is 18.2. The van der Waals surface area contributed by atoms with Crippen molar-refractivity contribution in [3.05, 3.63) is 11.8 Å². The van der Waals surface area contributed by atoms with Crippen molar-refractivity contribution in [3.8, 4) is 0 Å². The summed E-state index contributed by atoms with van der Waals surface area (Å²) in [6.45, 7) is 5.50. The fourth-order valence-corrected chi connectivity index (χ4v) is 3.40. The summed E-state index contributed by atoms with van der Waals surface area (Å²) < 4.78 is 42.4. The van der Waals surface area contributed by atoms with Crippen molar-refractivity contribution in [3.63, 3.8) is 0 Å². The summed E-state index contributed by atoms with van der Waals surface area (Å²) in [5.41, 5.74) is 0. The Balaban J connectivity index is 1.47. The van der Waals surface area contributed by atoms with E-state index in [0.29, 0.717) is 38.4 Å². The molecule has 2 aliphatic heterocycles. The van der Waals surface area contributed by atoms with Gasteiger partial charge in [-0.25, -0.2) is 0 Å². The smallest absolute Gasteiger partial charge is 0.417 e. The van der Waals surface area contributed by atoms with E-state index in [9.17, 15) is 18.0 Å². The Hall–Kier alpha value is -1.64. The predicted octanol–water partition coefficient (Wildman–Crippen LogP) is 2.53. The molecular weight excluding hydrogens is 337 g/mol. The summed E-state index contributed by atoms with van der Waals surface area (Å²) in [5.74, 6) is -0.605. The molecule has 25 heavy (non-hydrogen) atoms. The quantitative estimate of drug-likeness (QED) is 0.829. The zero-order chi connectivity index (χ0) is 18.0. The van der Waals surface area contributed by atoms with Crippen molar-refractivity contribution in [2.45, 2.75) is 44.7 Å². The molecule has 0 bridgehead atoms. The van der Waals surface area contributed by atoms with Crippen LogP contribution in [0.15, 0.2) is 4.42 Å². The molecule has 1 amide bonds. The van der Waals surface area contributed by atoms with Crippen LogP contribution in [-0.4, -0.2) is 58.6 Å². The minimum atomic E-state index is -4.61. The van der Waals surface area contributed by atoms with Crippen LogP contribution in [0.2, 0.25) is 0 Å². The fourth-order valence-electron chi connectivity index (χ4n) is 3.40. The van der Waals surface area contributed by atoms with Gasteiger partial charge in [-0.05, 0) is 44.7 Å². The van der Waals surface area contributed by atoms with Gasteiger partial charge in [-0.15, -0.1) is 10.2 Å². The molecule has 3 heterocycles. The van der Waals surface area contributed by atoms with E-state index in [1.807, 2.05) is 4.90 Å². The Morgan fingerprint density at radius 2 is 1.76 bits per heavy atom. The van der Waals surface area contributed by atoms with Crippen LogP contribution < -0.4 is 0 Å². The molecule has 0 aliphatic carbocycles. The number of rotatable bonds is 3. The molecule has 0 unspecified atom stereocenters. The first-order valence-electron chi connectivity index (χ1n) is 8.73. The lowest BCUT2D eigenvalue weighted by Crippen LogP contribution is -2.45. The third-order valence-electron chi connectivity index (χ3n) is 5.12. The molecule has 0 spiro atoms. The maximum absolute atomic E-state index is 12.5. The number of likely N-dealkylation sites (tertiary alicyclic amines) is 2. The van der Waals surface area contributed by atoms with Gasteiger partial charge in [-0.1, -0.05) is 6.92 Å². The second kappa shape index (κ2) is 7.31. The first-order valence-corrected chi connectivity index (χ1v) is 8.73. The average Bonchev–Trinajstić information content (AvgIpc) is 3.06. The van der Waals surface area contributed by atoms with Crippen molar-refractivity contribution in [2.75, 3.05) is 32.7 Å². The number of piperidine rings is 2. The minimum Gasteiger partial charge on any atom is -0.417 e. The lowest BCUT2D eigenvalue weighted by Gasteiger charge is -2.34. The van der Waals surface area contributed by atoms with E-state index < -0.39 is 12.1 Å². The Morgan fingerprint density at radius 1 is 1.12 bits per heavy atom. The van der Waals surface area contributed by atoms with E-state index in [4.69, 9.17) is 4.42 Å². The summed E-state index contributed by atoms with van der Waals surface area (Å²) in [4.78, 5) is 16.3. The van der Waals surface area contributed by atoms with Gasteiger partial charge < -0.3 is 9.32 Å². The monoisotopic (exact) mass is 360 g/mol. The molecule has 0 atom stereocenters. The van der Waals surface area contributed by atoms with Crippen molar-refractivity contribution in [1.82, 2.24) is 20.0 Å². The highest BCUT2D eigenvalue weighted by molar-refractivity contribution is 5.78. The lowest BCUT2D eigenvalue weighted by molar-refractivity contribution is -0.157. The molecule has 6 nitrogen and oxygen atoms in total. The predicted molar refractivity (Wildman–Crippen MR) is 82.7 cm³/mol. The maximum atomic E-state index is 12.5. The summed E-state index contributed by atoms with van der Waals surface area (Å²) in [5, 5.41) is 6.62. The van der Waals surface area contributed by atoms with E-state index >= 15 is 0 Å². The van der Waals surface area contributed by atoms with Crippen molar-refractivity contribution in [2.24, 2.45) is 5.92 Å². The summed E-state index contributed by atoms with van der Waals surface area (Å²) in [7, 11) is 0. The van der Waals surface area contributed by atoms with Crippen molar-refractivity contribution >= 4 is 5.91 Å². The molecule has 2 aliphatic rings. The number of aromatic nitrogens is 2. The zero-order valence-corrected chi connectivity index (χ0v) is 14.3. The van der Waals surface area contributed by atoms with Gasteiger partial charge in [0.05, 0.1) is 6.54 Å². The number of carbonyl (C=O) groups excluding carboxylic acids is 1. The first-order chi connectivity index (χ1) is 11.8. The Morgan fingerprint density at radius 3 is 2.32 bits per heavy atom. The van der Waals surface area contributed by atoms with Crippen LogP contribution in [0.5, 0.6) is 0 Å². The largest absolute Gasteiger partial charge is 0.470 e. The number of nitrogens with zero attached hydrogens (tertiary/aromatic N) is 4. The van der Waals surface area contributed by atoms with Gasteiger partial charge in [-0.2, -0.15) is 13.2 Å². The Bertz CT molecular complexity index is 588. The molecular formula is C16H23F3N4O2. The van der Waals surface area contributed by atoms with Gasteiger partial charge in [0.1, 0.15) is 0 Å². The highest BCUT2D eigenvalue weighted by Gasteiger charge is 2.39. The number of hydrogen-bond donors (Lipinski definition) is 0. The lowest BCUT2D eigenvalue weighted by atomic mass is 9.96. The minimum absolute atomic E-state index is 0.0447. The van der Waals surface area contributed by atoms with Crippen molar-refractivity contribution in [1.29, 1.82) is 0 Å². The maximum Gasteiger partial charge on any atom is 0.470 e. The number of amides is 1. The SMILES string of the molecule is CC1CCN(C(=O)CN2CCC(c3nnc(C(F)(F)F)o3)CC2)CC1. The standard InChI is InChI=1S/C16H23F3N4O2/c1-11-2-8-23(9-3-11)13(24)10-22-6-4-12(5-7-22)14-20-21-15(25-14)16(17,18)19/h11-12H,2-10H2,1H3. The van der Waals surface area contributed by atoms with E-state index in [2.05, 4.69) is 22.0 Å². The molecule has 0 radical (unpaired) electrons. The molecule has 140 valence electrons. The van der Waals surface area contributed by atoms with Crippen molar-refractivity contribution < 1.29 is 22.4 Å².